The molecule has 1 amide bonds. The van der Waals surface area contributed by atoms with Gasteiger partial charge in [-0.05, 0) is 43.4 Å². The standard InChI is InChI=1S/C23H27N5O3/c1-4-11-27-20-19(21(29)26-23(27)31)17(12-18(25-20)14(2)3)22(30)28(16-8-9-16)13-15-7-5-6-10-24-15/h5-7,10,12,14,16H,4,8-9,11,13H2,1-3H3,(H,26,29,31). The minimum Gasteiger partial charge on any atom is -0.330 e. The van der Waals surface area contributed by atoms with Crippen molar-refractivity contribution in [1.82, 2.24) is 24.4 Å². The molecule has 1 saturated carbocycles. The normalized spacial score (nSPS) is 13.7. The SMILES string of the molecule is CCCn1c(=O)[nH]c(=O)c2c(C(=O)N(Cc3ccccn3)C3CC3)cc(C(C)C)nc21. The fourth-order valence-corrected chi connectivity index (χ4v) is 3.76. The van der Waals surface area contributed by atoms with Gasteiger partial charge in [0.2, 0.25) is 0 Å². The second-order valence-corrected chi connectivity index (χ2v) is 8.34. The largest absolute Gasteiger partial charge is 0.330 e. The Hall–Kier alpha value is -3.29. The van der Waals surface area contributed by atoms with Gasteiger partial charge in [-0.15, -0.1) is 0 Å². The van der Waals surface area contributed by atoms with Gasteiger partial charge >= 0.3 is 5.69 Å². The summed E-state index contributed by atoms with van der Waals surface area (Å²) in [5.74, 6) is -0.194. The number of fused-ring (bicyclic) bond motifs is 1. The van der Waals surface area contributed by atoms with E-state index in [0.717, 1.165) is 18.5 Å². The molecule has 0 saturated heterocycles. The van der Waals surface area contributed by atoms with Gasteiger partial charge in [-0.2, -0.15) is 0 Å². The highest BCUT2D eigenvalue weighted by Gasteiger charge is 2.35. The van der Waals surface area contributed by atoms with Crippen LogP contribution in [0.4, 0.5) is 0 Å². The van der Waals surface area contributed by atoms with Crippen molar-refractivity contribution in [1.29, 1.82) is 0 Å². The predicted octanol–water partition coefficient (Wildman–Crippen LogP) is 2.82. The number of aromatic nitrogens is 4. The molecule has 31 heavy (non-hydrogen) atoms. The fourth-order valence-electron chi connectivity index (χ4n) is 3.76. The zero-order chi connectivity index (χ0) is 22.1. The summed E-state index contributed by atoms with van der Waals surface area (Å²) in [4.78, 5) is 52.2. The molecule has 0 aliphatic heterocycles. The van der Waals surface area contributed by atoms with Crippen LogP contribution in [0.1, 0.15) is 67.7 Å². The summed E-state index contributed by atoms with van der Waals surface area (Å²) in [5.41, 5.74) is 0.966. The molecule has 0 atom stereocenters. The summed E-state index contributed by atoms with van der Waals surface area (Å²) in [7, 11) is 0. The minimum absolute atomic E-state index is 0.0329. The molecule has 0 unspecified atom stereocenters. The number of carbonyl (C=O) groups is 1. The molecular formula is C23H27N5O3. The first-order valence-electron chi connectivity index (χ1n) is 10.8. The maximum atomic E-state index is 13.8. The Labute approximate surface area is 180 Å². The fraction of sp³-hybridized carbons (Fsp3) is 0.435. The number of aromatic amines is 1. The number of pyridine rings is 2. The van der Waals surface area contributed by atoms with Crippen LogP contribution < -0.4 is 11.2 Å². The summed E-state index contributed by atoms with van der Waals surface area (Å²) in [5, 5.41) is 0.175. The Kier molecular flexibility index (Phi) is 5.71. The predicted molar refractivity (Wildman–Crippen MR) is 118 cm³/mol. The third-order valence-corrected chi connectivity index (χ3v) is 5.54. The zero-order valence-electron chi connectivity index (χ0n) is 18.1. The minimum atomic E-state index is -0.577. The number of carbonyl (C=O) groups excluding carboxylic acids is 1. The van der Waals surface area contributed by atoms with Gasteiger partial charge in [0.25, 0.3) is 11.5 Å². The molecule has 4 rings (SSSR count). The number of amides is 1. The van der Waals surface area contributed by atoms with Crippen LogP contribution in [0.15, 0.2) is 40.1 Å². The molecule has 0 bridgehead atoms. The average Bonchev–Trinajstić information content (AvgIpc) is 3.59. The first kappa shape index (κ1) is 21.0. The van der Waals surface area contributed by atoms with Gasteiger partial charge in [-0.1, -0.05) is 26.8 Å². The van der Waals surface area contributed by atoms with Gasteiger partial charge in [0, 0.05) is 24.5 Å². The second-order valence-electron chi connectivity index (χ2n) is 8.34. The van der Waals surface area contributed by atoms with E-state index in [4.69, 9.17) is 0 Å². The maximum absolute atomic E-state index is 13.8. The molecule has 1 fully saturated rings. The Morgan fingerprint density at radius 3 is 2.68 bits per heavy atom. The second kappa shape index (κ2) is 8.45. The van der Waals surface area contributed by atoms with E-state index < -0.39 is 11.2 Å². The summed E-state index contributed by atoms with van der Waals surface area (Å²) in [6.45, 7) is 6.69. The van der Waals surface area contributed by atoms with Crippen molar-refractivity contribution in [3.63, 3.8) is 0 Å². The van der Waals surface area contributed by atoms with Gasteiger partial charge in [-0.25, -0.2) is 9.78 Å². The number of aryl methyl sites for hydroxylation is 1. The number of hydrogen-bond acceptors (Lipinski definition) is 5. The smallest absolute Gasteiger partial charge is 0.329 e. The summed E-state index contributed by atoms with van der Waals surface area (Å²) in [6, 6.07) is 7.45. The van der Waals surface area contributed by atoms with Crippen LogP contribution in [-0.2, 0) is 13.1 Å². The summed E-state index contributed by atoms with van der Waals surface area (Å²) in [6.07, 6.45) is 4.26. The van der Waals surface area contributed by atoms with Crippen molar-refractivity contribution in [2.45, 2.75) is 65.1 Å². The quantitative estimate of drug-likeness (QED) is 0.632. The van der Waals surface area contributed by atoms with E-state index in [-0.39, 0.29) is 28.9 Å². The highest BCUT2D eigenvalue weighted by molar-refractivity contribution is 6.05. The molecule has 8 nitrogen and oxygen atoms in total. The van der Waals surface area contributed by atoms with Crippen molar-refractivity contribution in [3.05, 3.63) is 68.3 Å². The molecule has 8 heteroatoms. The van der Waals surface area contributed by atoms with E-state index >= 15 is 0 Å². The highest BCUT2D eigenvalue weighted by Crippen LogP contribution is 2.31. The van der Waals surface area contributed by atoms with Crippen LogP contribution >= 0.6 is 0 Å². The van der Waals surface area contributed by atoms with Gasteiger partial charge in [0.15, 0.2) is 5.65 Å². The average molecular weight is 422 g/mol. The molecule has 3 aromatic rings. The number of H-pyrrole nitrogens is 1. The van der Waals surface area contributed by atoms with Crippen LogP contribution in [-0.4, -0.2) is 36.4 Å². The van der Waals surface area contributed by atoms with Crippen LogP contribution in [0.25, 0.3) is 11.0 Å². The molecule has 3 aromatic heterocycles. The first-order valence-corrected chi connectivity index (χ1v) is 10.8. The van der Waals surface area contributed by atoms with E-state index in [9.17, 15) is 14.4 Å². The highest BCUT2D eigenvalue weighted by atomic mass is 16.2. The van der Waals surface area contributed by atoms with E-state index in [1.807, 2.05) is 39.0 Å². The third-order valence-electron chi connectivity index (χ3n) is 5.54. The molecule has 3 heterocycles. The van der Waals surface area contributed by atoms with Crippen molar-refractivity contribution in [2.24, 2.45) is 0 Å². The van der Waals surface area contributed by atoms with Crippen molar-refractivity contribution < 1.29 is 4.79 Å². The Morgan fingerprint density at radius 1 is 1.29 bits per heavy atom. The van der Waals surface area contributed by atoms with Crippen LogP contribution in [0, 0.1) is 0 Å². The van der Waals surface area contributed by atoms with Crippen molar-refractivity contribution in [2.75, 3.05) is 0 Å². The lowest BCUT2D eigenvalue weighted by molar-refractivity contribution is 0.0729. The van der Waals surface area contributed by atoms with Crippen LogP contribution in [0.5, 0.6) is 0 Å². The van der Waals surface area contributed by atoms with Gasteiger partial charge in [0.1, 0.15) is 0 Å². The van der Waals surface area contributed by atoms with E-state index in [1.165, 1.54) is 4.57 Å². The van der Waals surface area contributed by atoms with E-state index in [0.29, 0.717) is 30.8 Å². The molecule has 1 N–H and O–H groups in total. The van der Waals surface area contributed by atoms with E-state index in [1.54, 1.807) is 17.2 Å². The molecular weight excluding hydrogens is 394 g/mol. The third kappa shape index (κ3) is 4.15. The Morgan fingerprint density at radius 2 is 2.06 bits per heavy atom. The Bertz CT molecular complexity index is 1230. The summed E-state index contributed by atoms with van der Waals surface area (Å²) < 4.78 is 1.46. The molecule has 0 aromatic carbocycles. The van der Waals surface area contributed by atoms with Crippen molar-refractivity contribution in [3.8, 4) is 0 Å². The lowest BCUT2D eigenvalue weighted by Crippen LogP contribution is -2.36. The Balaban J connectivity index is 1.90. The lowest BCUT2D eigenvalue weighted by atomic mass is 10.0. The zero-order valence-corrected chi connectivity index (χ0v) is 18.1. The van der Waals surface area contributed by atoms with Gasteiger partial charge in [0.05, 0.1) is 23.2 Å². The monoisotopic (exact) mass is 421 g/mol. The molecule has 162 valence electrons. The lowest BCUT2D eigenvalue weighted by Gasteiger charge is -2.23. The molecule has 0 radical (unpaired) electrons. The molecule has 0 spiro atoms. The first-order chi connectivity index (χ1) is 14.9. The topological polar surface area (TPSA) is 101 Å². The number of hydrogen-bond donors (Lipinski definition) is 1. The number of nitrogens with zero attached hydrogens (tertiary/aromatic N) is 4. The molecule has 1 aliphatic carbocycles. The van der Waals surface area contributed by atoms with Crippen LogP contribution in [0.2, 0.25) is 0 Å². The van der Waals surface area contributed by atoms with Gasteiger partial charge < -0.3 is 4.90 Å². The maximum Gasteiger partial charge on any atom is 0.329 e. The van der Waals surface area contributed by atoms with Crippen LogP contribution in [0.3, 0.4) is 0 Å². The molecule has 1 aliphatic rings. The van der Waals surface area contributed by atoms with E-state index in [2.05, 4.69) is 15.0 Å². The van der Waals surface area contributed by atoms with Gasteiger partial charge in [-0.3, -0.25) is 24.1 Å². The summed E-state index contributed by atoms with van der Waals surface area (Å²) >= 11 is 0. The van der Waals surface area contributed by atoms with Crippen molar-refractivity contribution >= 4 is 16.9 Å². The number of rotatable bonds is 7. The number of nitrogens with one attached hydrogen (secondary N) is 1.